The van der Waals surface area contributed by atoms with Crippen molar-refractivity contribution in [2.45, 2.75) is 72.0 Å². The predicted octanol–water partition coefficient (Wildman–Crippen LogP) is 2.18. The number of aliphatic hydroxyl groups excluding tert-OH is 2. The first-order chi connectivity index (χ1) is 8.82. The Morgan fingerprint density at radius 2 is 1.47 bits per heavy atom. The number of unbranched alkanes of at least 4 members (excludes halogenated alkanes) is 2. The van der Waals surface area contributed by atoms with Gasteiger partial charge >= 0.3 is 0 Å². The minimum Gasteiger partial charge on any atom is -0.392 e. The molecule has 0 rings (SSSR count). The smallest absolute Gasteiger partial charge is 0.222 e. The molecular formula is C15H31NO3. The van der Waals surface area contributed by atoms with Crippen LogP contribution in [-0.2, 0) is 4.79 Å². The fourth-order valence-electron chi connectivity index (χ4n) is 2.08. The van der Waals surface area contributed by atoms with Crippen LogP contribution in [0.4, 0.5) is 0 Å². The summed E-state index contributed by atoms with van der Waals surface area (Å²) in [6.45, 7) is 8.33. The Bertz CT molecular complexity index is 230. The van der Waals surface area contributed by atoms with Crippen molar-refractivity contribution in [2.24, 2.45) is 5.92 Å². The highest BCUT2D eigenvalue weighted by Crippen LogP contribution is 2.11. The average Bonchev–Trinajstić information content (AvgIpc) is 2.25. The lowest BCUT2D eigenvalue weighted by Crippen LogP contribution is -2.40. The van der Waals surface area contributed by atoms with E-state index in [1.165, 1.54) is 6.42 Å². The van der Waals surface area contributed by atoms with Crippen molar-refractivity contribution in [3.8, 4) is 0 Å². The summed E-state index contributed by atoms with van der Waals surface area (Å²) in [5.74, 6) is 0.754. The molecule has 19 heavy (non-hydrogen) atoms. The van der Waals surface area contributed by atoms with Crippen LogP contribution in [0.3, 0.4) is 0 Å². The molecule has 4 nitrogen and oxygen atoms in total. The number of hydrogen-bond donors (Lipinski definition) is 2. The van der Waals surface area contributed by atoms with Crippen LogP contribution in [0.25, 0.3) is 0 Å². The Morgan fingerprint density at radius 1 is 0.947 bits per heavy atom. The monoisotopic (exact) mass is 273 g/mol. The number of rotatable bonds is 10. The van der Waals surface area contributed by atoms with Gasteiger partial charge < -0.3 is 15.1 Å². The highest BCUT2D eigenvalue weighted by molar-refractivity contribution is 5.76. The molecule has 0 bridgehead atoms. The Morgan fingerprint density at radius 3 is 1.89 bits per heavy atom. The second-order valence-corrected chi connectivity index (χ2v) is 5.99. The van der Waals surface area contributed by atoms with Crippen molar-refractivity contribution < 1.29 is 15.0 Å². The summed E-state index contributed by atoms with van der Waals surface area (Å²) in [7, 11) is 0. The molecule has 0 aromatic carbocycles. The maximum absolute atomic E-state index is 12.0. The maximum atomic E-state index is 12.0. The molecule has 1 amide bonds. The molecule has 0 aromatic rings. The summed E-state index contributed by atoms with van der Waals surface area (Å²) < 4.78 is 0. The lowest BCUT2D eigenvalue weighted by atomic mass is 10.0. The molecule has 0 saturated heterocycles. The highest BCUT2D eigenvalue weighted by atomic mass is 16.3. The number of amides is 1. The molecule has 2 unspecified atom stereocenters. The van der Waals surface area contributed by atoms with Gasteiger partial charge in [-0.25, -0.2) is 0 Å². The topological polar surface area (TPSA) is 60.8 Å². The van der Waals surface area contributed by atoms with Gasteiger partial charge in [-0.15, -0.1) is 0 Å². The quantitative estimate of drug-likeness (QED) is 0.600. The van der Waals surface area contributed by atoms with Crippen molar-refractivity contribution in [3.05, 3.63) is 0 Å². The Balaban J connectivity index is 3.96. The van der Waals surface area contributed by atoms with Gasteiger partial charge in [0.05, 0.1) is 12.2 Å². The summed E-state index contributed by atoms with van der Waals surface area (Å²) in [6.07, 6.45) is 3.74. The Labute approximate surface area is 117 Å². The third-order valence-corrected chi connectivity index (χ3v) is 2.99. The molecule has 0 fully saturated rings. The summed E-state index contributed by atoms with van der Waals surface area (Å²) in [5, 5.41) is 18.8. The van der Waals surface area contributed by atoms with Crippen LogP contribution in [0.1, 0.15) is 59.8 Å². The SMILES string of the molecule is CC(C)CCCCCC(=O)N(CC(C)O)CC(C)O. The van der Waals surface area contributed by atoms with Crippen molar-refractivity contribution >= 4 is 5.91 Å². The molecule has 2 atom stereocenters. The molecule has 0 heterocycles. The standard InChI is InChI=1S/C15H31NO3/c1-12(2)8-6-5-7-9-15(19)16(10-13(3)17)11-14(4)18/h12-14,17-18H,5-11H2,1-4H3. The second-order valence-electron chi connectivity index (χ2n) is 5.99. The van der Waals surface area contributed by atoms with Gasteiger partial charge in [-0.3, -0.25) is 4.79 Å². The second kappa shape index (κ2) is 10.2. The number of aliphatic hydroxyl groups is 2. The first kappa shape index (κ1) is 18.4. The van der Waals surface area contributed by atoms with Gasteiger partial charge in [0, 0.05) is 19.5 Å². The molecule has 0 radical (unpaired) electrons. The first-order valence-corrected chi connectivity index (χ1v) is 7.46. The third-order valence-electron chi connectivity index (χ3n) is 2.99. The molecule has 2 N–H and O–H groups in total. The van der Waals surface area contributed by atoms with Crippen LogP contribution in [-0.4, -0.2) is 46.3 Å². The molecule has 0 aliphatic rings. The molecule has 0 spiro atoms. The van der Waals surface area contributed by atoms with E-state index in [4.69, 9.17) is 0 Å². The fraction of sp³-hybridized carbons (Fsp3) is 0.933. The van der Waals surface area contributed by atoms with Crippen molar-refractivity contribution in [2.75, 3.05) is 13.1 Å². The zero-order valence-corrected chi connectivity index (χ0v) is 12.9. The molecule has 0 aliphatic carbocycles. The minimum atomic E-state index is -0.552. The molecule has 114 valence electrons. The number of carbonyl (C=O) groups is 1. The van der Waals surface area contributed by atoms with Crippen LogP contribution < -0.4 is 0 Å². The molecule has 0 aliphatic heterocycles. The molecule has 4 heteroatoms. The zero-order chi connectivity index (χ0) is 14.8. The van der Waals surface area contributed by atoms with Gasteiger partial charge in [-0.05, 0) is 26.2 Å². The molecule has 0 aromatic heterocycles. The maximum Gasteiger partial charge on any atom is 0.222 e. The lowest BCUT2D eigenvalue weighted by molar-refractivity contribution is -0.134. The Hall–Kier alpha value is -0.610. The van der Waals surface area contributed by atoms with E-state index in [9.17, 15) is 15.0 Å². The summed E-state index contributed by atoms with van der Waals surface area (Å²) in [6, 6.07) is 0. The van der Waals surface area contributed by atoms with E-state index >= 15 is 0 Å². The summed E-state index contributed by atoms with van der Waals surface area (Å²) in [4.78, 5) is 13.6. The molecular weight excluding hydrogens is 242 g/mol. The van der Waals surface area contributed by atoms with E-state index in [1.807, 2.05) is 0 Å². The van der Waals surface area contributed by atoms with E-state index in [-0.39, 0.29) is 5.91 Å². The van der Waals surface area contributed by atoms with E-state index in [1.54, 1.807) is 18.7 Å². The lowest BCUT2D eigenvalue weighted by Gasteiger charge is -2.25. The first-order valence-electron chi connectivity index (χ1n) is 7.46. The number of carbonyl (C=O) groups excluding carboxylic acids is 1. The zero-order valence-electron chi connectivity index (χ0n) is 12.9. The Kier molecular flexibility index (Phi) is 9.88. The predicted molar refractivity (Wildman–Crippen MR) is 77.9 cm³/mol. The highest BCUT2D eigenvalue weighted by Gasteiger charge is 2.16. The average molecular weight is 273 g/mol. The summed E-state index contributed by atoms with van der Waals surface area (Å²) in [5.41, 5.74) is 0. The number of hydrogen-bond acceptors (Lipinski definition) is 3. The van der Waals surface area contributed by atoms with Gasteiger partial charge in [0.2, 0.25) is 5.91 Å². The minimum absolute atomic E-state index is 0.0337. The van der Waals surface area contributed by atoms with E-state index < -0.39 is 12.2 Å². The van der Waals surface area contributed by atoms with Gasteiger partial charge in [0.15, 0.2) is 0 Å². The van der Waals surface area contributed by atoms with Crippen LogP contribution >= 0.6 is 0 Å². The van der Waals surface area contributed by atoms with Gasteiger partial charge in [-0.2, -0.15) is 0 Å². The molecule has 0 saturated carbocycles. The van der Waals surface area contributed by atoms with Crippen molar-refractivity contribution in [3.63, 3.8) is 0 Å². The third kappa shape index (κ3) is 11.0. The van der Waals surface area contributed by atoms with Crippen LogP contribution in [0.2, 0.25) is 0 Å². The van der Waals surface area contributed by atoms with E-state index in [0.29, 0.717) is 19.5 Å². The van der Waals surface area contributed by atoms with Crippen LogP contribution in [0.15, 0.2) is 0 Å². The van der Waals surface area contributed by atoms with Gasteiger partial charge in [-0.1, -0.05) is 33.1 Å². The van der Waals surface area contributed by atoms with E-state index in [2.05, 4.69) is 13.8 Å². The summed E-state index contributed by atoms with van der Waals surface area (Å²) >= 11 is 0. The van der Waals surface area contributed by atoms with E-state index in [0.717, 1.165) is 25.2 Å². The van der Waals surface area contributed by atoms with Gasteiger partial charge in [0.1, 0.15) is 0 Å². The van der Waals surface area contributed by atoms with Gasteiger partial charge in [0.25, 0.3) is 0 Å². The van der Waals surface area contributed by atoms with Crippen molar-refractivity contribution in [1.82, 2.24) is 4.90 Å². The van der Waals surface area contributed by atoms with Crippen LogP contribution in [0, 0.1) is 5.92 Å². The van der Waals surface area contributed by atoms with Crippen LogP contribution in [0.5, 0.6) is 0 Å². The fourth-order valence-corrected chi connectivity index (χ4v) is 2.08. The largest absolute Gasteiger partial charge is 0.392 e. The van der Waals surface area contributed by atoms with Crippen molar-refractivity contribution in [1.29, 1.82) is 0 Å². The normalized spacial score (nSPS) is 14.5. The number of nitrogens with zero attached hydrogens (tertiary/aromatic N) is 1.